The first-order chi connectivity index (χ1) is 32.6. The molecule has 0 aromatic carbocycles. The van der Waals surface area contributed by atoms with Gasteiger partial charge in [-0.2, -0.15) is 0 Å². The van der Waals surface area contributed by atoms with E-state index in [-0.39, 0.29) is 32.2 Å². The summed E-state index contributed by atoms with van der Waals surface area (Å²) < 4.78 is 22.9. The fourth-order valence-corrected chi connectivity index (χ4v) is 8.54. The molecule has 0 amide bonds. The minimum absolute atomic E-state index is 0.179. The van der Waals surface area contributed by atoms with Crippen LogP contribution < -0.4 is 0 Å². The van der Waals surface area contributed by atoms with Gasteiger partial charge in [-0.05, 0) is 38.5 Å². The zero-order valence-corrected chi connectivity index (χ0v) is 45.1. The lowest BCUT2D eigenvalue weighted by atomic mass is 10.0. The molecule has 0 saturated carbocycles. The molecule has 0 heterocycles. The molecule has 0 fully saturated rings. The number of likely N-dealkylation sites (N-methyl/N-ethyl adjacent to an activating group) is 1. The van der Waals surface area contributed by atoms with E-state index in [0.29, 0.717) is 23.9 Å². The minimum Gasteiger partial charge on any atom is -0.477 e. The number of ether oxygens (including phenoxy) is 4. The number of allylic oxidation sites excluding steroid dienone is 2. The number of carbonyl (C=O) groups excluding carboxylic acids is 2. The highest BCUT2D eigenvalue weighted by Crippen LogP contribution is 2.17. The third-order valence-electron chi connectivity index (χ3n) is 13.0. The van der Waals surface area contributed by atoms with E-state index in [1.807, 2.05) is 21.1 Å². The highest BCUT2D eigenvalue weighted by Gasteiger charge is 2.25. The fourth-order valence-electron chi connectivity index (χ4n) is 8.54. The first-order valence-electron chi connectivity index (χ1n) is 28.9. The van der Waals surface area contributed by atoms with Crippen LogP contribution in [0.1, 0.15) is 284 Å². The van der Waals surface area contributed by atoms with Gasteiger partial charge in [0.1, 0.15) is 13.2 Å². The van der Waals surface area contributed by atoms with E-state index in [4.69, 9.17) is 18.9 Å². The molecule has 1 N–H and O–H groups in total. The van der Waals surface area contributed by atoms with Gasteiger partial charge in [0, 0.05) is 12.8 Å². The Bertz CT molecular complexity index is 1110. The van der Waals surface area contributed by atoms with Crippen molar-refractivity contribution in [1.29, 1.82) is 0 Å². The first-order valence-corrected chi connectivity index (χ1v) is 28.9. The summed E-state index contributed by atoms with van der Waals surface area (Å²) in [7, 11) is 5.97. The largest absolute Gasteiger partial charge is 0.477 e. The molecule has 0 aromatic rings. The van der Waals surface area contributed by atoms with Crippen molar-refractivity contribution in [2.45, 2.75) is 296 Å². The number of nitrogens with zero attached hydrogens (tertiary/aromatic N) is 1. The molecule has 2 unspecified atom stereocenters. The maximum atomic E-state index is 12.8. The molecule has 0 aliphatic heterocycles. The van der Waals surface area contributed by atoms with Crippen LogP contribution >= 0.6 is 0 Å². The molecule has 0 radical (unpaired) electrons. The topological polar surface area (TPSA) is 108 Å². The molecule has 0 aliphatic rings. The predicted octanol–water partition coefficient (Wildman–Crippen LogP) is 16.6. The van der Waals surface area contributed by atoms with Crippen LogP contribution in [0, 0.1) is 0 Å². The number of unbranched alkanes of at least 4 members (excludes halogenated alkanes) is 37. The number of carboxylic acids is 1. The Balaban J connectivity index is 4.16. The monoisotopic (exact) mass is 951 g/mol. The van der Waals surface area contributed by atoms with Gasteiger partial charge in [0.15, 0.2) is 6.10 Å². The third kappa shape index (κ3) is 51.7. The maximum absolute atomic E-state index is 12.8. The zero-order chi connectivity index (χ0) is 49.2. The van der Waals surface area contributed by atoms with Gasteiger partial charge in [-0.25, -0.2) is 4.79 Å². The van der Waals surface area contributed by atoms with Crippen LogP contribution in [0.25, 0.3) is 0 Å². The smallest absolute Gasteiger partial charge is 0.361 e. The molecular weight excluding hydrogens is 839 g/mol. The number of hydrogen-bond donors (Lipinski definition) is 1. The second kappa shape index (κ2) is 50.4. The zero-order valence-electron chi connectivity index (χ0n) is 45.1. The van der Waals surface area contributed by atoms with E-state index in [1.54, 1.807) is 0 Å². The number of quaternary nitrogens is 1. The SMILES string of the molecule is CCCCCCCCC/C=C\CCCCCCCC(=O)OC(COC(=O)CCCCCCCCCCCCCCCCCCCCCCCCCCCC)COC(OCC[N+](C)(C)C)C(=O)O. The van der Waals surface area contributed by atoms with Gasteiger partial charge in [-0.15, -0.1) is 0 Å². The second-order valence-electron chi connectivity index (χ2n) is 21.0. The van der Waals surface area contributed by atoms with E-state index in [0.717, 1.165) is 51.4 Å². The van der Waals surface area contributed by atoms with Crippen molar-refractivity contribution in [2.75, 3.05) is 47.5 Å². The lowest BCUT2D eigenvalue weighted by Crippen LogP contribution is -2.40. The Hall–Kier alpha value is -1.97. The van der Waals surface area contributed by atoms with Crippen molar-refractivity contribution in [2.24, 2.45) is 0 Å². The highest BCUT2D eigenvalue weighted by atomic mass is 16.7. The summed E-state index contributed by atoms with van der Waals surface area (Å²) in [4.78, 5) is 37.4. The summed E-state index contributed by atoms with van der Waals surface area (Å²) >= 11 is 0. The summed E-state index contributed by atoms with van der Waals surface area (Å²) in [5, 5.41) is 9.69. The summed E-state index contributed by atoms with van der Waals surface area (Å²) in [6.45, 7) is 4.91. The molecular formula is C58H112NO8+. The number of carboxylic acid groups (broad SMARTS) is 1. The molecule has 9 nitrogen and oxygen atoms in total. The van der Waals surface area contributed by atoms with Crippen LogP contribution in [0.2, 0.25) is 0 Å². The number of esters is 2. The Morgan fingerprint density at radius 1 is 0.433 bits per heavy atom. The van der Waals surface area contributed by atoms with Crippen LogP contribution in [0.3, 0.4) is 0 Å². The van der Waals surface area contributed by atoms with Gasteiger partial charge >= 0.3 is 17.9 Å². The Morgan fingerprint density at radius 3 is 1.10 bits per heavy atom. The van der Waals surface area contributed by atoms with Crippen LogP contribution in [0.15, 0.2) is 12.2 Å². The van der Waals surface area contributed by atoms with Gasteiger partial charge in [-0.1, -0.05) is 244 Å². The van der Waals surface area contributed by atoms with Crippen molar-refractivity contribution in [3.8, 4) is 0 Å². The Morgan fingerprint density at radius 2 is 0.761 bits per heavy atom. The van der Waals surface area contributed by atoms with Crippen molar-refractivity contribution < 1.29 is 42.9 Å². The Kier molecular flexibility index (Phi) is 48.9. The van der Waals surface area contributed by atoms with Crippen molar-refractivity contribution in [3.05, 3.63) is 12.2 Å². The lowest BCUT2D eigenvalue weighted by Gasteiger charge is -2.25. The van der Waals surface area contributed by atoms with Crippen molar-refractivity contribution >= 4 is 17.9 Å². The summed E-state index contributed by atoms with van der Waals surface area (Å²) in [5.74, 6) is -1.99. The summed E-state index contributed by atoms with van der Waals surface area (Å²) in [6, 6.07) is 0. The molecule has 9 heteroatoms. The van der Waals surface area contributed by atoms with E-state index < -0.39 is 24.3 Å². The van der Waals surface area contributed by atoms with E-state index >= 15 is 0 Å². The quantitative estimate of drug-likeness (QED) is 0.0211. The standard InChI is InChI=1S/C58H111NO8/c1-6-8-10-12-14-16-18-20-22-24-25-26-27-28-29-30-31-32-33-35-36-38-40-42-44-46-48-55(60)65-52-54(53-66-58(57(62)63)64-51-50-59(3,4)5)67-56(61)49-47-45-43-41-39-37-34-23-21-19-17-15-13-11-9-7-2/h23,34,54,58H,6-22,24-33,35-53H2,1-5H3/p+1/b34-23-. The summed E-state index contributed by atoms with van der Waals surface area (Å²) in [6.07, 6.45) is 54.4. The normalized spacial score (nSPS) is 12.8. The molecule has 67 heavy (non-hydrogen) atoms. The lowest BCUT2D eigenvalue weighted by molar-refractivity contribution is -0.870. The highest BCUT2D eigenvalue weighted by molar-refractivity contribution is 5.71. The molecule has 0 saturated heterocycles. The van der Waals surface area contributed by atoms with Crippen molar-refractivity contribution in [3.63, 3.8) is 0 Å². The van der Waals surface area contributed by atoms with Gasteiger partial charge in [0.25, 0.3) is 6.29 Å². The van der Waals surface area contributed by atoms with Crippen LogP contribution in [0.5, 0.6) is 0 Å². The van der Waals surface area contributed by atoms with E-state index in [9.17, 15) is 19.5 Å². The molecule has 0 spiro atoms. The number of rotatable bonds is 54. The molecule has 0 aliphatic carbocycles. The van der Waals surface area contributed by atoms with E-state index in [2.05, 4.69) is 26.0 Å². The number of hydrogen-bond acceptors (Lipinski definition) is 7. The van der Waals surface area contributed by atoms with E-state index in [1.165, 1.54) is 199 Å². The van der Waals surface area contributed by atoms with Gasteiger partial charge < -0.3 is 28.5 Å². The van der Waals surface area contributed by atoms with Crippen LogP contribution in [-0.4, -0.2) is 87.4 Å². The first kappa shape index (κ1) is 65.0. The van der Waals surface area contributed by atoms with Gasteiger partial charge in [0.2, 0.25) is 0 Å². The van der Waals surface area contributed by atoms with Crippen LogP contribution in [0.4, 0.5) is 0 Å². The molecule has 0 rings (SSSR count). The van der Waals surface area contributed by atoms with Crippen molar-refractivity contribution in [1.82, 2.24) is 0 Å². The van der Waals surface area contributed by atoms with Gasteiger partial charge in [-0.3, -0.25) is 9.59 Å². The number of carbonyl (C=O) groups is 3. The second-order valence-corrected chi connectivity index (χ2v) is 21.0. The molecule has 396 valence electrons. The minimum atomic E-state index is -1.51. The fraction of sp³-hybridized carbons (Fsp3) is 0.914. The van der Waals surface area contributed by atoms with Crippen LogP contribution in [-0.2, 0) is 33.3 Å². The number of aliphatic carboxylic acids is 1. The summed E-state index contributed by atoms with van der Waals surface area (Å²) in [5.41, 5.74) is 0. The third-order valence-corrected chi connectivity index (χ3v) is 13.0. The molecule has 0 aromatic heterocycles. The molecule has 0 bridgehead atoms. The average Bonchev–Trinajstić information content (AvgIpc) is 3.29. The average molecular weight is 952 g/mol. The predicted molar refractivity (Wildman–Crippen MR) is 281 cm³/mol. The van der Waals surface area contributed by atoms with Gasteiger partial charge in [0.05, 0.1) is 34.4 Å². The maximum Gasteiger partial charge on any atom is 0.361 e. The molecule has 2 atom stereocenters. The Labute approximate surface area is 415 Å².